The van der Waals surface area contributed by atoms with Crippen molar-refractivity contribution in [3.63, 3.8) is 0 Å². The number of H-pyrrole nitrogens is 1. The quantitative estimate of drug-likeness (QED) is 0.622. The maximum atomic E-state index is 13.2. The Morgan fingerprint density at radius 3 is 2.76 bits per heavy atom. The van der Waals surface area contributed by atoms with Crippen molar-refractivity contribution in [1.82, 2.24) is 15.2 Å². The van der Waals surface area contributed by atoms with Gasteiger partial charge in [-0.2, -0.15) is 0 Å². The molecule has 0 fully saturated rings. The van der Waals surface area contributed by atoms with Gasteiger partial charge in [-0.3, -0.25) is 4.79 Å². The lowest BCUT2D eigenvalue weighted by molar-refractivity contribution is 0.0706. The average Bonchev–Trinajstić information content (AvgIpc) is 3.18. The van der Waals surface area contributed by atoms with Gasteiger partial charge >= 0.3 is 0 Å². The summed E-state index contributed by atoms with van der Waals surface area (Å²) in [6.45, 7) is 3.33. The Hall–Kier alpha value is -3.08. The van der Waals surface area contributed by atoms with Gasteiger partial charge in [0.2, 0.25) is 0 Å². The summed E-state index contributed by atoms with van der Waals surface area (Å²) in [4.78, 5) is 18.4. The molecule has 0 radical (unpaired) electrons. The van der Waals surface area contributed by atoms with Gasteiger partial charge in [0, 0.05) is 29.7 Å². The molecule has 1 aliphatic carbocycles. The molecule has 0 saturated heterocycles. The van der Waals surface area contributed by atoms with Crippen molar-refractivity contribution in [2.75, 3.05) is 6.54 Å². The zero-order valence-electron chi connectivity index (χ0n) is 16.6. The van der Waals surface area contributed by atoms with Crippen LogP contribution in [0.2, 0.25) is 0 Å². The molecule has 150 valence electrons. The largest absolute Gasteiger partial charge is 0.384 e. The van der Waals surface area contributed by atoms with E-state index < -0.39 is 0 Å². The summed E-state index contributed by atoms with van der Waals surface area (Å²) in [5.74, 6) is -0.190. The van der Waals surface area contributed by atoms with Crippen molar-refractivity contribution < 1.29 is 9.18 Å². The number of amides is 1. The van der Waals surface area contributed by atoms with Crippen LogP contribution in [-0.2, 0) is 6.54 Å². The standard InChI is InChI=1S/C24H26FN3O/c1-2-28(24(29)23-14-18-6-3-4-9-22(18)27-23)21-8-5-7-20(15-21)26-16-17-10-12-19(25)13-11-17/h3-4,6,9-15,21,26-27H,2,5,7-8,16H2,1H3/t21-/m0/s1. The van der Waals surface area contributed by atoms with Crippen LogP contribution in [0.1, 0.15) is 42.2 Å². The Morgan fingerprint density at radius 1 is 1.21 bits per heavy atom. The van der Waals surface area contributed by atoms with Gasteiger partial charge in [0.1, 0.15) is 11.5 Å². The molecule has 4 rings (SSSR count). The summed E-state index contributed by atoms with van der Waals surface area (Å²) in [5.41, 5.74) is 3.80. The van der Waals surface area contributed by atoms with Gasteiger partial charge in [0.15, 0.2) is 0 Å². The average molecular weight is 391 g/mol. The van der Waals surface area contributed by atoms with E-state index in [0.717, 1.165) is 41.4 Å². The zero-order valence-corrected chi connectivity index (χ0v) is 16.6. The highest BCUT2D eigenvalue weighted by molar-refractivity contribution is 5.98. The Balaban J connectivity index is 1.47. The van der Waals surface area contributed by atoms with E-state index >= 15 is 0 Å². The second-order valence-electron chi connectivity index (χ2n) is 7.49. The van der Waals surface area contributed by atoms with Crippen molar-refractivity contribution in [2.45, 2.75) is 38.8 Å². The predicted octanol–water partition coefficient (Wildman–Crippen LogP) is 5.00. The minimum atomic E-state index is -0.222. The van der Waals surface area contributed by atoms with Crippen molar-refractivity contribution in [3.05, 3.63) is 83.4 Å². The second kappa shape index (κ2) is 8.52. The van der Waals surface area contributed by atoms with Crippen LogP contribution >= 0.6 is 0 Å². The summed E-state index contributed by atoms with van der Waals surface area (Å²) in [7, 11) is 0. The number of aromatic nitrogens is 1. The zero-order chi connectivity index (χ0) is 20.2. The normalized spacial score (nSPS) is 16.5. The second-order valence-corrected chi connectivity index (χ2v) is 7.49. The maximum absolute atomic E-state index is 13.2. The lowest BCUT2D eigenvalue weighted by Crippen LogP contribution is -2.41. The third-order valence-electron chi connectivity index (χ3n) is 5.53. The molecule has 2 N–H and O–H groups in total. The molecule has 2 aromatic carbocycles. The van der Waals surface area contributed by atoms with E-state index in [0.29, 0.717) is 18.8 Å². The highest BCUT2D eigenvalue weighted by atomic mass is 19.1. The highest BCUT2D eigenvalue weighted by Crippen LogP contribution is 2.24. The Kier molecular flexibility index (Phi) is 5.65. The van der Waals surface area contributed by atoms with Crippen LogP contribution in [0, 0.1) is 5.82 Å². The van der Waals surface area contributed by atoms with Crippen molar-refractivity contribution in [2.24, 2.45) is 0 Å². The lowest BCUT2D eigenvalue weighted by Gasteiger charge is -2.32. The van der Waals surface area contributed by atoms with Crippen molar-refractivity contribution >= 4 is 16.8 Å². The number of carbonyl (C=O) groups excluding carboxylic acids is 1. The molecule has 0 spiro atoms. The highest BCUT2D eigenvalue weighted by Gasteiger charge is 2.25. The first-order valence-electron chi connectivity index (χ1n) is 10.2. The maximum Gasteiger partial charge on any atom is 0.270 e. The van der Waals surface area contributed by atoms with Gasteiger partial charge in [0.05, 0.1) is 6.04 Å². The number of carbonyl (C=O) groups is 1. The molecule has 0 unspecified atom stereocenters. The van der Waals surface area contributed by atoms with E-state index in [2.05, 4.69) is 16.4 Å². The van der Waals surface area contributed by atoms with Crippen molar-refractivity contribution in [3.8, 4) is 0 Å². The van der Waals surface area contributed by atoms with E-state index in [1.54, 1.807) is 12.1 Å². The number of rotatable bonds is 6. The minimum absolute atomic E-state index is 0.0322. The number of hydrogen-bond donors (Lipinski definition) is 2. The molecule has 0 saturated carbocycles. The summed E-state index contributed by atoms with van der Waals surface area (Å²) >= 11 is 0. The van der Waals surface area contributed by atoms with Gasteiger partial charge in [0.25, 0.3) is 5.91 Å². The molecule has 0 bridgehead atoms. The van der Waals surface area contributed by atoms with E-state index in [-0.39, 0.29) is 17.8 Å². The molecule has 1 aliphatic rings. The first-order valence-corrected chi connectivity index (χ1v) is 10.2. The molecule has 1 amide bonds. The van der Waals surface area contributed by atoms with Crippen LogP contribution in [0.5, 0.6) is 0 Å². The Bertz CT molecular complexity index is 989. The lowest BCUT2D eigenvalue weighted by atomic mass is 9.98. The van der Waals surface area contributed by atoms with E-state index in [1.807, 2.05) is 42.2 Å². The molecular weight excluding hydrogens is 365 g/mol. The third-order valence-corrected chi connectivity index (χ3v) is 5.53. The number of nitrogens with one attached hydrogen (secondary N) is 2. The van der Waals surface area contributed by atoms with Gasteiger partial charge in [-0.25, -0.2) is 4.39 Å². The number of benzene rings is 2. The van der Waals surface area contributed by atoms with E-state index in [9.17, 15) is 9.18 Å². The number of halogens is 1. The molecular formula is C24H26FN3O. The van der Waals surface area contributed by atoms with E-state index in [4.69, 9.17) is 0 Å². The number of nitrogens with zero attached hydrogens (tertiary/aromatic N) is 1. The summed E-state index contributed by atoms with van der Waals surface area (Å²) in [6.07, 6.45) is 5.14. The monoisotopic (exact) mass is 391 g/mol. The molecule has 1 atom stereocenters. The molecule has 1 aromatic heterocycles. The predicted molar refractivity (Wildman–Crippen MR) is 114 cm³/mol. The smallest absolute Gasteiger partial charge is 0.270 e. The molecule has 29 heavy (non-hydrogen) atoms. The van der Waals surface area contributed by atoms with Gasteiger partial charge in [-0.15, -0.1) is 0 Å². The topological polar surface area (TPSA) is 48.1 Å². The molecule has 3 aromatic rings. The number of aromatic amines is 1. The number of allylic oxidation sites excluding steroid dienone is 1. The molecule has 4 nitrogen and oxygen atoms in total. The van der Waals surface area contributed by atoms with Crippen LogP contribution < -0.4 is 5.32 Å². The van der Waals surface area contributed by atoms with Crippen LogP contribution in [0.15, 0.2) is 66.4 Å². The third kappa shape index (κ3) is 4.34. The van der Waals surface area contributed by atoms with Crippen LogP contribution in [0.4, 0.5) is 4.39 Å². The first kappa shape index (κ1) is 19.2. The van der Waals surface area contributed by atoms with Gasteiger partial charge < -0.3 is 15.2 Å². The van der Waals surface area contributed by atoms with Crippen LogP contribution in [0.3, 0.4) is 0 Å². The SMILES string of the molecule is CCN(C(=O)c1cc2ccccc2[nH]1)[C@@H]1C=C(NCc2ccc(F)cc2)CCC1. The first-order chi connectivity index (χ1) is 14.1. The number of para-hydroxylation sites is 1. The molecule has 5 heteroatoms. The van der Waals surface area contributed by atoms with Gasteiger partial charge in [-0.1, -0.05) is 30.3 Å². The fraction of sp³-hybridized carbons (Fsp3) is 0.292. The van der Waals surface area contributed by atoms with Crippen LogP contribution in [-0.4, -0.2) is 28.4 Å². The molecule has 0 aliphatic heterocycles. The fourth-order valence-electron chi connectivity index (χ4n) is 3.98. The minimum Gasteiger partial charge on any atom is -0.384 e. The number of fused-ring (bicyclic) bond motifs is 1. The van der Waals surface area contributed by atoms with E-state index in [1.165, 1.54) is 12.1 Å². The summed E-state index contributed by atoms with van der Waals surface area (Å²) < 4.78 is 13.1. The van der Waals surface area contributed by atoms with Crippen LogP contribution in [0.25, 0.3) is 10.9 Å². The fourth-order valence-corrected chi connectivity index (χ4v) is 3.98. The summed E-state index contributed by atoms with van der Waals surface area (Å²) in [5, 5.41) is 4.51. The van der Waals surface area contributed by atoms with Gasteiger partial charge in [-0.05, 0) is 62.1 Å². The number of hydrogen-bond acceptors (Lipinski definition) is 2. The van der Waals surface area contributed by atoms with Crippen molar-refractivity contribution in [1.29, 1.82) is 0 Å². The molecule has 1 heterocycles. The Morgan fingerprint density at radius 2 is 2.00 bits per heavy atom. The number of likely N-dealkylation sites (N-methyl/N-ethyl adjacent to an activating group) is 1. The Labute approximate surface area is 170 Å². The summed E-state index contributed by atoms with van der Waals surface area (Å²) in [6, 6.07) is 16.5.